The van der Waals surface area contributed by atoms with Crippen molar-refractivity contribution in [3.63, 3.8) is 0 Å². The molecule has 0 fully saturated rings. The van der Waals surface area contributed by atoms with Crippen molar-refractivity contribution in [2.75, 3.05) is 6.61 Å². The maximum absolute atomic E-state index is 13.8. The molecule has 1 atom stereocenters. The number of carbonyl (C=O) groups excluding carboxylic acids is 1. The van der Waals surface area contributed by atoms with Crippen LogP contribution in [0.3, 0.4) is 0 Å². The average molecular weight is 345 g/mol. The molecule has 8 nitrogen and oxygen atoms in total. The molecule has 130 valence electrons. The molecule has 2 heterocycles. The second-order valence-electron chi connectivity index (χ2n) is 5.40. The Hall–Kier alpha value is -3.10. The number of hydrogen-bond acceptors (Lipinski definition) is 6. The number of benzene rings is 1. The van der Waals surface area contributed by atoms with Crippen molar-refractivity contribution in [2.45, 2.75) is 26.4 Å². The van der Waals surface area contributed by atoms with E-state index in [1.54, 1.807) is 25.1 Å². The molecule has 3 rings (SSSR count). The van der Waals surface area contributed by atoms with Crippen LogP contribution >= 0.6 is 0 Å². The number of halogens is 1. The zero-order chi connectivity index (χ0) is 18.0. The number of carbonyl (C=O) groups is 1. The number of aromatic nitrogens is 5. The number of fused-ring (bicyclic) bond motifs is 1. The maximum atomic E-state index is 13.8. The summed E-state index contributed by atoms with van der Waals surface area (Å²) in [6.45, 7) is 3.53. The summed E-state index contributed by atoms with van der Waals surface area (Å²) in [6, 6.07) is 5.43. The number of hydrogen-bond donors (Lipinski definition) is 0. The van der Waals surface area contributed by atoms with E-state index in [0.717, 1.165) is 4.57 Å². The Labute approximate surface area is 141 Å². The van der Waals surface area contributed by atoms with Crippen molar-refractivity contribution in [1.29, 1.82) is 0 Å². The molecule has 1 aromatic carbocycles. The van der Waals surface area contributed by atoms with Gasteiger partial charge in [-0.25, -0.2) is 18.9 Å². The molecule has 0 bridgehead atoms. The van der Waals surface area contributed by atoms with Gasteiger partial charge in [0.05, 0.1) is 13.2 Å². The summed E-state index contributed by atoms with van der Waals surface area (Å²) in [6.07, 6.45) is 1.24. The predicted octanol–water partition coefficient (Wildman–Crippen LogP) is 1.30. The van der Waals surface area contributed by atoms with Crippen LogP contribution in [0.15, 0.2) is 35.4 Å². The molecule has 0 aliphatic heterocycles. The summed E-state index contributed by atoms with van der Waals surface area (Å²) in [5.41, 5.74) is 0.126. The molecule has 0 saturated heterocycles. The molecular weight excluding hydrogens is 329 g/mol. The van der Waals surface area contributed by atoms with Crippen LogP contribution in [0, 0.1) is 5.82 Å². The Balaban J connectivity index is 1.98. The van der Waals surface area contributed by atoms with Gasteiger partial charge in [-0.2, -0.15) is 0 Å². The Morgan fingerprint density at radius 1 is 1.36 bits per heavy atom. The van der Waals surface area contributed by atoms with Crippen LogP contribution in [-0.4, -0.2) is 37.1 Å². The van der Waals surface area contributed by atoms with E-state index in [-0.39, 0.29) is 30.1 Å². The summed E-state index contributed by atoms with van der Waals surface area (Å²) in [5, 5.41) is 7.72. The van der Waals surface area contributed by atoms with Gasteiger partial charge in [0.1, 0.15) is 18.2 Å². The van der Waals surface area contributed by atoms with Gasteiger partial charge in [-0.1, -0.05) is 23.4 Å². The summed E-state index contributed by atoms with van der Waals surface area (Å²) in [5.74, 6) is -0.917. The second kappa shape index (κ2) is 6.80. The zero-order valence-electron chi connectivity index (χ0n) is 13.7. The molecule has 0 radical (unpaired) electrons. The van der Waals surface area contributed by atoms with E-state index in [1.165, 1.54) is 24.0 Å². The third-order valence-electron chi connectivity index (χ3n) is 3.77. The van der Waals surface area contributed by atoms with Gasteiger partial charge in [-0.05, 0) is 19.9 Å². The van der Waals surface area contributed by atoms with E-state index >= 15 is 0 Å². The first-order valence-electron chi connectivity index (χ1n) is 7.73. The van der Waals surface area contributed by atoms with Crippen molar-refractivity contribution in [3.05, 3.63) is 52.3 Å². The van der Waals surface area contributed by atoms with Crippen LogP contribution in [0.25, 0.3) is 11.2 Å². The van der Waals surface area contributed by atoms with Gasteiger partial charge in [0.2, 0.25) is 0 Å². The van der Waals surface area contributed by atoms with Gasteiger partial charge in [-0.3, -0.25) is 9.36 Å². The fraction of sp³-hybridized carbons (Fsp3) is 0.312. The molecule has 0 aliphatic rings. The van der Waals surface area contributed by atoms with Crippen molar-refractivity contribution < 1.29 is 13.9 Å². The minimum atomic E-state index is -0.832. The lowest BCUT2D eigenvalue weighted by Gasteiger charge is -2.12. The molecule has 2 aromatic heterocycles. The molecule has 0 spiro atoms. The third kappa shape index (κ3) is 3.12. The molecule has 25 heavy (non-hydrogen) atoms. The van der Waals surface area contributed by atoms with Crippen LogP contribution in [0.2, 0.25) is 0 Å². The maximum Gasteiger partial charge on any atom is 0.328 e. The Morgan fingerprint density at radius 2 is 2.12 bits per heavy atom. The van der Waals surface area contributed by atoms with Crippen molar-refractivity contribution in [2.24, 2.45) is 0 Å². The summed E-state index contributed by atoms with van der Waals surface area (Å²) in [7, 11) is 0. The van der Waals surface area contributed by atoms with Gasteiger partial charge in [0, 0.05) is 5.56 Å². The molecule has 0 aliphatic carbocycles. The van der Waals surface area contributed by atoms with Crippen molar-refractivity contribution in [3.8, 4) is 0 Å². The summed E-state index contributed by atoms with van der Waals surface area (Å²) in [4.78, 5) is 28.5. The monoisotopic (exact) mass is 345 g/mol. The zero-order valence-corrected chi connectivity index (χ0v) is 13.7. The third-order valence-corrected chi connectivity index (χ3v) is 3.77. The number of ether oxygens (including phenoxy) is 1. The van der Waals surface area contributed by atoms with Crippen LogP contribution in [0.4, 0.5) is 4.39 Å². The normalized spacial score (nSPS) is 12.3. The van der Waals surface area contributed by atoms with Gasteiger partial charge in [0.15, 0.2) is 11.2 Å². The van der Waals surface area contributed by atoms with Gasteiger partial charge in [0.25, 0.3) is 5.56 Å². The smallest absolute Gasteiger partial charge is 0.328 e. The van der Waals surface area contributed by atoms with E-state index in [2.05, 4.69) is 15.3 Å². The fourth-order valence-electron chi connectivity index (χ4n) is 2.41. The molecule has 9 heteroatoms. The van der Waals surface area contributed by atoms with Gasteiger partial charge in [-0.15, -0.1) is 5.10 Å². The minimum absolute atomic E-state index is 0.00925. The summed E-state index contributed by atoms with van der Waals surface area (Å²) < 4.78 is 21.2. The first-order valence-corrected chi connectivity index (χ1v) is 7.73. The number of esters is 1. The lowest BCUT2D eigenvalue weighted by atomic mass is 10.2. The van der Waals surface area contributed by atoms with Crippen molar-refractivity contribution in [1.82, 2.24) is 24.5 Å². The SMILES string of the molecule is CCOC(=O)[C@H](C)n1cnc2c(nnn2Cc2ccccc2F)c1=O. The quantitative estimate of drug-likeness (QED) is 0.647. The minimum Gasteiger partial charge on any atom is -0.464 e. The Morgan fingerprint density at radius 3 is 2.84 bits per heavy atom. The topological polar surface area (TPSA) is 91.9 Å². The molecular formula is C16H16FN5O3. The Kier molecular flexibility index (Phi) is 4.55. The van der Waals surface area contributed by atoms with E-state index in [4.69, 9.17) is 4.74 Å². The van der Waals surface area contributed by atoms with Crippen LogP contribution < -0.4 is 5.56 Å². The standard InChI is InChI=1S/C16H16FN5O3/c1-3-25-16(24)10(2)21-9-18-14-13(15(21)23)19-20-22(14)8-11-6-4-5-7-12(11)17/h4-7,9-10H,3,8H2,1-2H3/t10-/m0/s1. The highest BCUT2D eigenvalue weighted by atomic mass is 19.1. The highest BCUT2D eigenvalue weighted by Crippen LogP contribution is 2.12. The van der Waals surface area contributed by atoms with E-state index in [9.17, 15) is 14.0 Å². The average Bonchev–Trinajstić information content (AvgIpc) is 3.01. The van der Waals surface area contributed by atoms with E-state index < -0.39 is 17.6 Å². The van der Waals surface area contributed by atoms with Gasteiger partial charge >= 0.3 is 5.97 Å². The first-order chi connectivity index (χ1) is 12.0. The van der Waals surface area contributed by atoms with Crippen LogP contribution in [-0.2, 0) is 16.1 Å². The first kappa shape index (κ1) is 16.7. The second-order valence-corrected chi connectivity index (χ2v) is 5.40. The van der Waals surface area contributed by atoms with Crippen LogP contribution in [0.5, 0.6) is 0 Å². The fourth-order valence-corrected chi connectivity index (χ4v) is 2.41. The molecule has 0 saturated carbocycles. The van der Waals surface area contributed by atoms with E-state index in [0.29, 0.717) is 5.56 Å². The number of nitrogens with zero attached hydrogens (tertiary/aromatic N) is 5. The molecule has 0 N–H and O–H groups in total. The molecule has 0 amide bonds. The largest absolute Gasteiger partial charge is 0.464 e. The highest BCUT2D eigenvalue weighted by molar-refractivity contribution is 5.74. The lowest BCUT2D eigenvalue weighted by molar-refractivity contribution is -0.146. The molecule has 0 unspecified atom stereocenters. The Bertz CT molecular complexity index is 981. The van der Waals surface area contributed by atoms with E-state index in [1.807, 2.05) is 0 Å². The highest BCUT2D eigenvalue weighted by Gasteiger charge is 2.21. The van der Waals surface area contributed by atoms with Crippen LogP contribution in [0.1, 0.15) is 25.5 Å². The molecule has 3 aromatic rings. The summed E-state index contributed by atoms with van der Waals surface area (Å²) >= 11 is 0. The van der Waals surface area contributed by atoms with Gasteiger partial charge < -0.3 is 4.74 Å². The number of rotatable bonds is 5. The lowest BCUT2D eigenvalue weighted by Crippen LogP contribution is -2.29. The predicted molar refractivity (Wildman–Crippen MR) is 86.4 cm³/mol. The van der Waals surface area contributed by atoms with Crippen molar-refractivity contribution >= 4 is 17.1 Å².